The van der Waals surface area contributed by atoms with E-state index in [0.717, 1.165) is 44.4 Å². The van der Waals surface area contributed by atoms with Gasteiger partial charge in [0.15, 0.2) is 0 Å². The molecule has 0 aliphatic heterocycles. The Balaban J connectivity index is 2.44. The van der Waals surface area contributed by atoms with Crippen molar-refractivity contribution in [3.8, 4) is 0 Å². The third kappa shape index (κ3) is 12.0. The fourth-order valence-corrected chi connectivity index (χ4v) is 4.65. The minimum Gasteiger partial charge on any atom is -0.481 e. The number of carboxylic acid groups (broad SMARTS) is 1. The van der Waals surface area contributed by atoms with Gasteiger partial charge in [-0.3, -0.25) is 9.59 Å². The zero-order chi connectivity index (χ0) is 22.2. The van der Waals surface area contributed by atoms with Gasteiger partial charge in [-0.1, -0.05) is 91.4 Å². The molecule has 1 N–H and O–H groups in total. The van der Waals surface area contributed by atoms with Crippen molar-refractivity contribution in [3.05, 3.63) is 0 Å². The standard InChI is InChI=1S/C26H48O4/c1-4-5-6-8-12-17-22(18-13-10-7-9-11-16-21(2)3)30-26(29)24-20-15-14-19-23(24)25(27)28/h21-24H,4-20H2,1-3H3,(H,27,28). The molecule has 176 valence electrons. The summed E-state index contributed by atoms with van der Waals surface area (Å²) in [6, 6.07) is 0. The van der Waals surface area contributed by atoms with Crippen molar-refractivity contribution < 1.29 is 19.4 Å². The Labute approximate surface area is 185 Å². The van der Waals surface area contributed by atoms with Crippen LogP contribution in [0.15, 0.2) is 0 Å². The maximum absolute atomic E-state index is 12.8. The van der Waals surface area contributed by atoms with Crippen molar-refractivity contribution in [2.45, 2.75) is 136 Å². The Morgan fingerprint density at radius 1 is 0.800 bits per heavy atom. The van der Waals surface area contributed by atoms with Crippen molar-refractivity contribution in [2.75, 3.05) is 0 Å². The number of carboxylic acids is 1. The first-order valence-electron chi connectivity index (χ1n) is 12.9. The van der Waals surface area contributed by atoms with Crippen LogP contribution in [0.2, 0.25) is 0 Å². The van der Waals surface area contributed by atoms with Crippen LogP contribution in [0.25, 0.3) is 0 Å². The van der Waals surface area contributed by atoms with Crippen molar-refractivity contribution >= 4 is 11.9 Å². The Bertz CT molecular complexity index is 460. The third-order valence-corrected chi connectivity index (χ3v) is 6.61. The van der Waals surface area contributed by atoms with Crippen LogP contribution in [0.1, 0.15) is 130 Å². The topological polar surface area (TPSA) is 63.6 Å². The fraction of sp³-hybridized carbons (Fsp3) is 0.923. The molecule has 1 rings (SSSR count). The lowest BCUT2D eigenvalue weighted by molar-refractivity contribution is -0.164. The molecular weight excluding hydrogens is 376 g/mol. The molecule has 1 aliphatic rings. The molecule has 4 nitrogen and oxygen atoms in total. The second-order valence-corrected chi connectivity index (χ2v) is 9.84. The molecule has 3 unspecified atom stereocenters. The summed E-state index contributed by atoms with van der Waals surface area (Å²) >= 11 is 0. The van der Waals surface area contributed by atoms with E-state index < -0.39 is 17.8 Å². The van der Waals surface area contributed by atoms with Crippen molar-refractivity contribution in [1.29, 1.82) is 0 Å². The summed E-state index contributed by atoms with van der Waals surface area (Å²) in [7, 11) is 0. The van der Waals surface area contributed by atoms with E-state index in [9.17, 15) is 14.7 Å². The largest absolute Gasteiger partial charge is 0.481 e. The molecule has 0 saturated heterocycles. The molecule has 0 spiro atoms. The first-order valence-corrected chi connectivity index (χ1v) is 12.9. The van der Waals surface area contributed by atoms with E-state index in [-0.39, 0.29) is 12.1 Å². The van der Waals surface area contributed by atoms with Gasteiger partial charge in [-0.15, -0.1) is 0 Å². The first-order chi connectivity index (χ1) is 14.5. The summed E-state index contributed by atoms with van der Waals surface area (Å²) in [6.45, 7) is 6.77. The lowest BCUT2D eigenvalue weighted by Crippen LogP contribution is -2.35. The van der Waals surface area contributed by atoms with Gasteiger partial charge in [0.05, 0.1) is 11.8 Å². The van der Waals surface area contributed by atoms with Gasteiger partial charge >= 0.3 is 11.9 Å². The summed E-state index contributed by atoms with van der Waals surface area (Å²) in [5.74, 6) is -1.31. The first kappa shape index (κ1) is 27.0. The van der Waals surface area contributed by atoms with Gasteiger partial charge in [0.25, 0.3) is 0 Å². The smallest absolute Gasteiger partial charge is 0.310 e. The van der Waals surface area contributed by atoms with Crippen LogP contribution in [-0.2, 0) is 14.3 Å². The maximum Gasteiger partial charge on any atom is 0.310 e. The summed E-state index contributed by atoms with van der Waals surface area (Å²) in [5.41, 5.74) is 0. The van der Waals surface area contributed by atoms with Crippen LogP contribution in [-0.4, -0.2) is 23.1 Å². The van der Waals surface area contributed by atoms with Gasteiger partial charge in [-0.05, 0) is 44.4 Å². The average molecular weight is 425 g/mol. The molecule has 0 aromatic rings. The van der Waals surface area contributed by atoms with E-state index in [1.54, 1.807) is 0 Å². The molecule has 0 bridgehead atoms. The van der Waals surface area contributed by atoms with Gasteiger partial charge in [0, 0.05) is 0 Å². The van der Waals surface area contributed by atoms with E-state index >= 15 is 0 Å². The van der Waals surface area contributed by atoms with Crippen LogP contribution in [0.5, 0.6) is 0 Å². The van der Waals surface area contributed by atoms with Crippen molar-refractivity contribution in [3.63, 3.8) is 0 Å². The molecule has 0 aromatic carbocycles. The predicted octanol–water partition coefficient (Wildman–Crippen LogP) is 7.54. The number of ether oxygens (including phenoxy) is 1. The number of hydrogen-bond acceptors (Lipinski definition) is 3. The Morgan fingerprint density at radius 2 is 1.30 bits per heavy atom. The van der Waals surface area contributed by atoms with E-state index in [0.29, 0.717) is 12.8 Å². The van der Waals surface area contributed by atoms with E-state index in [2.05, 4.69) is 20.8 Å². The zero-order valence-corrected chi connectivity index (χ0v) is 20.0. The van der Waals surface area contributed by atoms with Gasteiger partial charge < -0.3 is 9.84 Å². The highest BCUT2D eigenvalue weighted by Gasteiger charge is 2.37. The minimum atomic E-state index is -0.839. The Hall–Kier alpha value is -1.06. The van der Waals surface area contributed by atoms with Gasteiger partial charge in [0.1, 0.15) is 6.10 Å². The van der Waals surface area contributed by atoms with Crippen molar-refractivity contribution in [2.24, 2.45) is 17.8 Å². The second-order valence-electron chi connectivity index (χ2n) is 9.84. The average Bonchev–Trinajstić information content (AvgIpc) is 2.72. The molecule has 0 radical (unpaired) electrons. The molecule has 3 atom stereocenters. The molecule has 30 heavy (non-hydrogen) atoms. The molecule has 1 saturated carbocycles. The van der Waals surface area contributed by atoms with Gasteiger partial charge in [-0.2, -0.15) is 0 Å². The second kappa shape index (κ2) is 16.6. The van der Waals surface area contributed by atoms with Gasteiger partial charge in [-0.25, -0.2) is 0 Å². The number of rotatable bonds is 17. The molecule has 0 amide bonds. The number of unbranched alkanes of at least 4 members (excludes halogenated alkanes) is 8. The monoisotopic (exact) mass is 424 g/mol. The quantitative estimate of drug-likeness (QED) is 0.193. The zero-order valence-electron chi connectivity index (χ0n) is 20.0. The fourth-order valence-electron chi connectivity index (χ4n) is 4.65. The van der Waals surface area contributed by atoms with Crippen LogP contribution < -0.4 is 0 Å². The van der Waals surface area contributed by atoms with Crippen LogP contribution in [0.3, 0.4) is 0 Å². The Morgan fingerprint density at radius 3 is 1.83 bits per heavy atom. The third-order valence-electron chi connectivity index (χ3n) is 6.61. The normalized spacial score (nSPS) is 20.3. The van der Waals surface area contributed by atoms with E-state index in [1.807, 2.05) is 0 Å². The molecule has 1 fully saturated rings. The number of carbonyl (C=O) groups is 2. The number of carbonyl (C=O) groups excluding carboxylic acids is 1. The van der Waals surface area contributed by atoms with Crippen LogP contribution >= 0.6 is 0 Å². The van der Waals surface area contributed by atoms with Gasteiger partial charge in [0.2, 0.25) is 0 Å². The lowest BCUT2D eigenvalue weighted by Gasteiger charge is -2.29. The maximum atomic E-state index is 12.8. The van der Waals surface area contributed by atoms with E-state index in [4.69, 9.17) is 4.74 Å². The number of aliphatic carboxylic acids is 1. The Kier molecular flexibility index (Phi) is 14.9. The molecule has 0 aromatic heterocycles. The number of esters is 1. The van der Waals surface area contributed by atoms with E-state index in [1.165, 1.54) is 57.8 Å². The molecule has 4 heteroatoms. The lowest BCUT2D eigenvalue weighted by atomic mass is 9.79. The molecular formula is C26H48O4. The summed E-state index contributed by atoms with van der Waals surface area (Å²) in [6.07, 6.45) is 18.4. The molecule has 0 heterocycles. The summed E-state index contributed by atoms with van der Waals surface area (Å²) < 4.78 is 5.93. The van der Waals surface area contributed by atoms with Crippen molar-refractivity contribution in [1.82, 2.24) is 0 Å². The van der Waals surface area contributed by atoms with Crippen LogP contribution in [0, 0.1) is 17.8 Å². The highest BCUT2D eigenvalue weighted by atomic mass is 16.5. The summed E-state index contributed by atoms with van der Waals surface area (Å²) in [5, 5.41) is 9.49. The predicted molar refractivity (Wildman–Crippen MR) is 123 cm³/mol. The SMILES string of the molecule is CCCCCCCC(CCCCCCCC(C)C)OC(=O)C1CCCCC1C(=O)O. The molecule has 1 aliphatic carbocycles. The minimum absolute atomic E-state index is 0.0360. The van der Waals surface area contributed by atoms with Crippen LogP contribution in [0.4, 0.5) is 0 Å². The number of hydrogen-bond donors (Lipinski definition) is 1. The highest BCUT2D eigenvalue weighted by molar-refractivity contribution is 5.81. The highest BCUT2D eigenvalue weighted by Crippen LogP contribution is 2.32. The summed E-state index contributed by atoms with van der Waals surface area (Å²) in [4.78, 5) is 24.4.